The first-order valence-electron chi connectivity index (χ1n) is 12.1. The van der Waals surface area contributed by atoms with Gasteiger partial charge in [-0.05, 0) is 42.5 Å². The third-order valence-electron chi connectivity index (χ3n) is 6.86. The van der Waals surface area contributed by atoms with Crippen molar-refractivity contribution in [2.45, 2.75) is 44.7 Å². The fraction of sp³-hybridized carbons (Fsp3) is 0.440. The zero-order chi connectivity index (χ0) is 28.2. The molecule has 1 fully saturated rings. The number of benzene rings is 2. The molecule has 0 saturated carbocycles. The minimum absolute atomic E-state index is 0.00385. The monoisotopic (exact) mass is 573 g/mol. The maximum absolute atomic E-state index is 13.9. The second kappa shape index (κ2) is 9.73. The summed E-state index contributed by atoms with van der Waals surface area (Å²) in [7, 11) is -3.27. The summed E-state index contributed by atoms with van der Waals surface area (Å²) < 4.78 is 103. The molecule has 0 N–H and O–H groups in total. The van der Waals surface area contributed by atoms with Crippen LogP contribution in [0.5, 0.6) is 11.5 Å². The molecular weight excluding hydrogens is 549 g/mol. The molecule has 0 aliphatic carbocycles. The van der Waals surface area contributed by atoms with E-state index >= 15 is 0 Å². The number of piperidine rings is 1. The molecule has 1 saturated heterocycles. The van der Waals surface area contributed by atoms with E-state index in [1.54, 1.807) is 0 Å². The van der Waals surface area contributed by atoms with Gasteiger partial charge in [0.2, 0.25) is 15.8 Å². The van der Waals surface area contributed by atoms with Crippen LogP contribution in [-0.4, -0.2) is 53.7 Å². The average molecular weight is 574 g/mol. The van der Waals surface area contributed by atoms with Gasteiger partial charge in [-0.1, -0.05) is 18.2 Å². The van der Waals surface area contributed by atoms with Crippen molar-refractivity contribution in [1.82, 2.24) is 13.9 Å². The number of alkyl halides is 5. The van der Waals surface area contributed by atoms with Crippen LogP contribution in [-0.2, 0) is 34.0 Å². The normalized spacial score (nSPS) is 18.1. The van der Waals surface area contributed by atoms with Gasteiger partial charge in [-0.25, -0.2) is 17.7 Å². The van der Waals surface area contributed by atoms with Crippen LogP contribution < -0.4 is 9.47 Å². The minimum atomic E-state index is -4.84. The Morgan fingerprint density at radius 3 is 2.51 bits per heavy atom. The highest BCUT2D eigenvalue weighted by molar-refractivity contribution is 7.88. The molecule has 2 aromatic carbocycles. The third kappa shape index (κ3) is 5.86. The molecule has 0 bridgehead atoms. The van der Waals surface area contributed by atoms with Crippen LogP contribution in [0.25, 0.3) is 11.0 Å². The molecule has 0 spiro atoms. The molecular formula is C25H24F5N3O5S. The van der Waals surface area contributed by atoms with Gasteiger partial charge in [0.1, 0.15) is 5.78 Å². The number of sulfonamides is 1. The highest BCUT2D eigenvalue weighted by Gasteiger charge is 2.45. The average Bonchev–Trinajstić information content (AvgIpc) is 3.35. The van der Waals surface area contributed by atoms with E-state index in [0.717, 1.165) is 10.8 Å². The van der Waals surface area contributed by atoms with E-state index in [2.05, 4.69) is 14.5 Å². The van der Waals surface area contributed by atoms with E-state index < -0.39 is 34.9 Å². The number of ketones is 1. The number of hydrogen-bond donors (Lipinski definition) is 0. The molecule has 2 aliphatic rings. The first-order chi connectivity index (χ1) is 18.2. The molecule has 0 atom stereocenters. The number of fused-ring (bicyclic) bond motifs is 2. The summed E-state index contributed by atoms with van der Waals surface area (Å²) in [5.41, 5.74) is 0.645. The standard InChI is InChI=1S/C25H24F5N3O5S/c1-39(35,36)32-9-7-15(8-10-32)11-18(34)12-16-5-6-20-19(13-16)31-23(24(26,27)28)33(20)14-17-3-2-4-21-22(17)38-25(29,30)37-21/h2-6,13,15H,7-12,14H2,1H3. The van der Waals surface area contributed by atoms with Crippen molar-refractivity contribution in [3.05, 3.63) is 53.3 Å². The van der Waals surface area contributed by atoms with Gasteiger partial charge in [0.05, 0.1) is 23.8 Å². The molecule has 0 unspecified atom stereocenters. The van der Waals surface area contributed by atoms with Crippen molar-refractivity contribution < 1.29 is 44.6 Å². The molecule has 3 heterocycles. The van der Waals surface area contributed by atoms with Crippen LogP contribution >= 0.6 is 0 Å². The number of ether oxygens (including phenoxy) is 2. The van der Waals surface area contributed by atoms with Gasteiger partial charge >= 0.3 is 12.5 Å². The van der Waals surface area contributed by atoms with Crippen molar-refractivity contribution >= 4 is 26.8 Å². The number of imidazole rings is 1. The van der Waals surface area contributed by atoms with Gasteiger partial charge in [-0.15, -0.1) is 8.78 Å². The maximum atomic E-state index is 13.9. The van der Waals surface area contributed by atoms with Gasteiger partial charge in [0.15, 0.2) is 11.5 Å². The van der Waals surface area contributed by atoms with Crippen molar-refractivity contribution in [3.8, 4) is 11.5 Å². The van der Waals surface area contributed by atoms with Crippen molar-refractivity contribution in [2.24, 2.45) is 5.92 Å². The quantitative estimate of drug-likeness (QED) is 0.384. The lowest BCUT2D eigenvalue weighted by Crippen LogP contribution is -2.38. The van der Waals surface area contributed by atoms with Crippen LogP contribution in [0.1, 0.15) is 36.2 Å². The Morgan fingerprint density at radius 1 is 1.13 bits per heavy atom. The van der Waals surface area contributed by atoms with Crippen LogP contribution in [0, 0.1) is 5.92 Å². The van der Waals surface area contributed by atoms with Gasteiger partial charge in [0.25, 0.3) is 0 Å². The number of nitrogens with zero attached hydrogens (tertiary/aromatic N) is 3. The van der Waals surface area contributed by atoms with Crippen molar-refractivity contribution in [2.75, 3.05) is 19.3 Å². The van der Waals surface area contributed by atoms with Crippen LogP contribution in [0.4, 0.5) is 22.0 Å². The van der Waals surface area contributed by atoms with Gasteiger partial charge in [0, 0.05) is 31.5 Å². The smallest absolute Gasteiger partial charge is 0.395 e. The summed E-state index contributed by atoms with van der Waals surface area (Å²) in [6, 6.07) is 8.33. The molecule has 0 radical (unpaired) electrons. The zero-order valence-electron chi connectivity index (χ0n) is 20.7. The van der Waals surface area contributed by atoms with Gasteiger partial charge < -0.3 is 14.0 Å². The number of hydrogen-bond acceptors (Lipinski definition) is 6. The van der Waals surface area contributed by atoms with Crippen molar-refractivity contribution in [1.29, 1.82) is 0 Å². The lowest BCUT2D eigenvalue weighted by molar-refractivity contribution is -0.287. The predicted molar refractivity (Wildman–Crippen MR) is 129 cm³/mol. The first kappa shape index (κ1) is 27.3. The van der Waals surface area contributed by atoms with Gasteiger partial charge in [-0.3, -0.25) is 4.79 Å². The summed E-state index contributed by atoms with van der Waals surface area (Å²) in [5.74, 6) is -1.93. The Labute approximate surface area is 220 Å². The molecule has 8 nitrogen and oxygen atoms in total. The highest BCUT2D eigenvalue weighted by atomic mass is 32.2. The maximum Gasteiger partial charge on any atom is 0.586 e. The first-order valence-corrected chi connectivity index (χ1v) is 14.0. The summed E-state index contributed by atoms with van der Waals surface area (Å²) in [6.45, 7) is 0.234. The number of aromatic nitrogens is 2. The predicted octanol–water partition coefficient (Wildman–Crippen LogP) is 4.60. The molecule has 2 aliphatic heterocycles. The number of carbonyl (C=O) groups is 1. The van der Waals surface area contributed by atoms with E-state index in [-0.39, 0.29) is 52.6 Å². The molecule has 3 aromatic rings. The Kier molecular flexibility index (Phi) is 6.82. The van der Waals surface area contributed by atoms with Crippen LogP contribution in [0.2, 0.25) is 0 Å². The van der Waals surface area contributed by atoms with E-state index in [1.165, 1.54) is 40.7 Å². The van der Waals surface area contributed by atoms with Crippen molar-refractivity contribution in [3.63, 3.8) is 0 Å². The molecule has 1 aromatic heterocycles. The molecule has 5 rings (SSSR count). The van der Waals surface area contributed by atoms with E-state index in [0.29, 0.717) is 31.5 Å². The Balaban J connectivity index is 1.35. The van der Waals surface area contributed by atoms with Crippen LogP contribution in [0.15, 0.2) is 36.4 Å². The van der Waals surface area contributed by atoms with E-state index in [1.807, 2.05) is 0 Å². The fourth-order valence-corrected chi connectivity index (χ4v) is 5.92. The second-order valence-electron chi connectivity index (χ2n) is 9.78. The topological polar surface area (TPSA) is 90.7 Å². The SMILES string of the molecule is CS(=O)(=O)N1CCC(CC(=O)Cc2ccc3c(c2)nc(C(F)(F)F)n3Cc2cccc3c2OC(F)(F)O3)CC1. The van der Waals surface area contributed by atoms with Crippen LogP contribution in [0.3, 0.4) is 0 Å². The summed E-state index contributed by atoms with van der Waals surface area (Å²) in [5, 5.41) is 0. The Morgan fingerprint density at radius 2 is 1.85 bits per heavy atom. The zero-order valence-corrected chi connectivity index (χ0v) is 21.5. The Hall–Kier alpha value is -3.26. The third-order valence-corrected chi connectivity index (χ3v) is 8.17. The highest BCUT2D eigenvalue weighted by Crippen LogP contribution is 2.44. The number of rotatable bonds is 7. The number of para-hydroxylation sites is 1. The molecule has 14 heteroatoms. The van der Waals surface area contributed by atoms with E-state index in [4.69, 9.17) is 0 Å². The van der Waals surface area contributed by atoms with E-state index in [9.17, 15) is 35.2 Å². The fourth-order valence-electron chi connectivity index (χ4n) is 5.05. The number of Topliss-reactive ketones (excluding diaryl/α,β-unsaturated/α-hetero) is 1. The summed E-state index contributed by atoms with van der Waals surface area (Å²) in [4.78, 5) is 16.5. The van der Waals surface area contributed by atoms with Gasteiger partial charge in [-0.2, -0.15) is 13.2 Å². The second-order valence-corrected chi connectivity index (χ2v) is 11.8. The number of carbonyl (C=O) groups excluding carboxylic acids is 1. The minimum Gasteiger partial charge on any atom is -0.395 e. The lowest BCUT2D eigenvalue weighted by Gasteiger charge is -2.29. The molecule has 39 heavy (non-hydrogen) atoms. The molecule has 210 valence electrons. The largest absolute Gasteiger partial charge is 0.586 e. The number of halogens is 5. The summed E-state index contributed by atoms with van der Waals surface area (Å²) in [6.07, 6.45) is -6.27. The lowest BCUT2D eigenvalue weighted by atomic mass is 9.91. The summed E-state index contributed by atoms with van der Waals surface area (Å²) >= 11 is 0. The molecule has 0 amide bonds. The Bertz CT molecular complexity index is 1530.